The first-order valence-electron chi connectivity index (χ1n) is 5.50. The number of hydrogen-bond donors (Lipinski definition) is 1. The molecular formula is C11H13F3N2O4S. The Morgan fingerprint density at radius 3 is 2.43 bits per heavy atom. The molecule has 0 aliphatic carbocycles. The topological polar surface area (TPSA) is 89.7 Å². The van der Waals surface area contributed by atoms with E-state index in [4.69, 9.17) is 5.73 Å². The Morgan fingerprint density at radius 1 is 1.38 bits per heavy atom. The molecule has 0 saturated heterocycles. The number of nitrogens with two attached hydrogens (primary N) is 1. The summed E-state index contributed by atoms with van der Waals surface area (Å²) in [6.07, 6.45) is -4.71. The summed E-state index contributed by atoms with van der Waals surface area (Å²) in [5.41, 5.74) is 5.04. The maximum atomic E-state index is 12.3. The molecule has 0 bridgehead atoms. The third-order valence-electron chi connectivity index (χ3n) is 2.50. The van der Waals surface area contributed by atoms with E-state index in [-0.39, 0.29) is 15.6 Å². The lowest BCUT2D eigenvalue weighted by Crippen LogP contribution is -2.36. The summed E-state index contributed by atoms with van der Waals surface area (Å²) in [6, 6.07) is 3.24. The molecule has 0 aliphatic rings. The number of ether oxygens (including phenoxy) is 1. The predicted octanol–water partition coefficient (Wildman–Crippen LogP) is 1.24. The van der Waals surface area contributed by atoms with Crippen LogP contribution in [0.15, 0.2) is 23.1 Å². The van der Waals surface area contributed by atoms with Crippen molar-refractivity contribution < 1.29 is 31.1 Å². The maximum absolute atomic E-state index is 12.3. The van der Waals surface area contributed by atoms with Gasteiger partial charge in [-0.25, -0.2) is 13.2 Å². The smallest absolute Gasteiger partial charge is 0.402 e. The van der Waals surface area contributed by atoms with Crippen molar-refractivity contribution in [3.63, 3.8) is 0 Å². The van der Waals surface area contributed by atoms with Gasteiger partial charge < -0.3 is 10.5 Å². The number of carbonyl (C=O) groups excluding carboxylic acids is 1. The molecule has 0 spiro atoms. The highest BCUT2D eigenvalue weighted by Crippen LogP contribution is 2.25. The molecule has 0 radical (unpaired) electrons. The van der Waals surface area contributed by atoms with Crippen LogP contribution in [0.3, 0.4) is 0 Å². The van der Waals surface area contributed by atoms with Crippen molar-refractivity contribution in [2.45, 2.75) is 11.1 Å². The van der Waals surface area contributed by atoms with Crippen LogP contribution in [0.1, 0.15) is 10.4 Å². The van der Waals surface area contributed by atoms with Gasteiger partial charge in [-0.1, -0.05) is 0 Å². The molecule has 0 amide bonds. The molecule has 0 aliphatic heterocycles. The van der Waals surface area contributed by atoms with Gasteiger partial charge in [0.05, 0.1) is 17.6 Å². The number of carbonyl (C=O) groups is 1. The molecule has 0 fully saturated rings. The first kappa shape index (κ1) is 17.2. The number of esters is 1. The monoisotopic (exact) mass is 326 g/mol. The van der Waals surface area contributed by atoms with Crippen LogP contribution in [-0.2, 0) is 14.8 Å². The van der Waals surface area contributed by atoms with Crippen LogP contribution in [0.4, 0.5) is 18.9 Å². The van der Waals surface area contributed by atoms with Gasteiger partial charge in [0.1, 0.15) is 6.54 Å². The molecule has 1 aromatic carbocycles. The van der Waals surface area contributed by atoms with Crippen LogP contribution in [0.5, 0.6) is 0 Å². The van der Waals surface area contributed by atoms with E-state index < -0.39 is 33.6 Å². The second-order valence-electron chi connectivity index (χ2n) is 4.12. The molecule has 0 saturated carbocycles. The Balaban J connectivity index is 3.37. The Morgan fingerprint density at radius 2 is 1.95 bits per heavy atom. The van der Waals surface area contributed by atoms with E-state index in [2.05, 4.69) is 4.74 Å². The highest BCUT2D eigenvalue weighted by molar-refractivity contribution is 7.89. The van der Waals surface area contributed by atoms with Crippen molar-refractivity contribution >= 4 is 21.7 Å². The number of benzene rings is 1. The minimum Gasteiger partial charge on any atom is -0.465 e. The molecule has 0 unspecified atom stereocenters. The Bertz CT molecular complexity index is 643. The molecule has 1 rings (SSSR count). The lowest BCUT2D eigenvalue weighted by Gasteiger charge is -2.20. The quantitative estimate of drug-likeness (QED) is 0.664. The molecule has 1 aromatic rings. The minimum atomic E-state index is -4.71. The van der Waals surface area contributed by atoms with Crippen LogP contribution < -0.4 is 5.73 Å². The number of alkyl halides is 3. The van der Waals surface area contributed by atoms with Gasteiger partial charge in [-0.2, -0.15) is 17.5 Å². The van der Waals surface area contributed by atoms with Crippen molar-refractivity contribution in [2.75, 3.05) is 26.4 Å². The van der Waals surface area contributed by atoms with Gasteiger partial charge in [-0.05, 0) is 18.2 Å². The second-order valence-corrected chi connectivity index (χ2v) is 6.14. The van der Waals surface area contributed by atoms with Crippen molar-refractivity contribution in [2.24, 2.45) is 0 Å². The lowest BCUT2D eigenvalue weighted by molar-refractivity contribution is -0.134. The number of nitrogen functional groups attached to an aromatic ring is 1. The van der Waals surface area contributed by atoms with Crippen LogP contribution >= 0.6 is 0 Å². The standard InChI is InChI=1S/C11H13F3N2O4S/c1-16(6-11(12,13)14)21(18,19)9-5-7(15)3-4-8(9)10(17)20-2/h3-5H,6,15H2,1-2H3. The van der Waals surface area contributed by atoms with Crippen LogP contribution in [0, 0.1) is 0 Å². The molecule has 0 heterocycles. The number of anilines is 1. The third-order valence-corrected chi connectivity index (χ3v) is 4.34. The van der Waals surface area contributed by atoms with Gasteiger partial charge >= 0.3 is 12.1 Å². The summed E-state index contributed by atoms with van der Waals surface area (Å²) >= 11 is 0. The Hall–Kier alpha value is -1.81. The summed E-state index contributed by atoms with van der Waals surface area (Å²) in [4.78, 5) is 10.9. The van der Waals surface area contributed by atoms with Crippen molar-refractivity contribution in [3.05, 3.63) is 23.8 Å². The molecule has 2 N–H and O–H groups in total. The SMILES string of the molecule is COC(=O)c1ccc(N)cc1S(=O)(=O)N(C)CC(F)(F)F. The number of halogens is 3. The van der Waals surface area contributed by atoms with Gasteiger partial charge in [-0.3, -0.25) is 0 Å². The molecule has 10 heteroatoms. The fourth-order valence-corrected chi connectivity index (χ4v) is 2.90. The summed E-state index contributed by atoms with van der Waals surface area (Å²) < 4.78 is 65.8. The summed E-state index contributed by atoms with van der Waals surface area (Å²) in [5, 5.41) is 0. The van der Waals surface area contributed by atoms with E-state index in [0.717, 1.165) is 26.3 Å². The number of hydrogen-bond acceptors (Lipinski definition) is 5. The number of rotatable bonds is 4. The van der Waals surface area contributed by atoms with E-state index >= 15 is 0 Å². The van der Waals surface area contributed by atoms with Gasteiger partial charge in [0, 0.05) is 12.7 Å². The zero-order valence-corrected chi connectivity index (χ0v) is 12.0. The van der Waals surface area contributed by atoms with Crippen molar-refractivity contribution in [1.82, 2.24) is 4.31 Å². The zero-order chi connectivity index (χ0) is 16.4. The van der Waals surface area contributed by atoms with E-state index in [1.165, 1.54) is 6.07 Å². The minimum absolute atomic E-state index is 0.0124. The molecule has 0 atom stereocenters. The van der Waals surface area contributed by atoms with Crippen LogP contribution in [0.25, 0.3) is 0 Å². The average Bonchev–Trinajstić information content (AvgIpc) is 2.35. The summed E-state index contributed by atoms with van der Waals surface area (Å²) in [7, 11) is -2.77. The predicted molar refractivity (Wildman–Crippen MR) is 68.1 cm³/mol. The first-order chi connectivity index (χ1) is 9.49. The van der Waals surface area contributed by atoms with E-state index in [9.17, 15) is 26.4 Å². The highest BCUT2D eigenvalue weighted by atomic mass is 32.2. The fraction of sp³-hybridized carbons (Fsp3) is 0.364. The van der Waals surface area contributed by atoms with Gasteiger partial charge in [0.25, 0.3) is 0 Å². The normalized spacial score (nSPS) is 12.5. The second kappa shape index (κ2) is 5.90. The lowest BCUT2D eigenvalue weighted by atomic mass is 10.2. The van der Waals surface area contributed by atoms with Gasteiger partial charge in [-0.15, -0.1) is 0 Å². The van der Waals surface area contributed by atoms with Crippen molar-refractivity contribution in [3.8, 4) is 0 Å². The summed E-state index contributed by atoms with van der Waals surface area (Å²) in [6.45, 7) is -1.69. The van der Waals surface area contributed by atoms with E-state index in [1.807, 2.05) is 0 Å². The van der Waals surface area contributed by atoms with E-state index in [0.29, 0.717) is 0 Å². The molecule has 6 nitrogen and oxygen atoms in total. The maximum Gasteiger partial charge on any atom is 0.402 e. The van der Waals surface area contributed by atoms with Crippen LogP contribution in [-0.4, -0.2) is 45.6 Å². The Labute approximate surface area is 119 Å². The average molecular weight is 326 g/mol. The van der Waals surface area contributed by atoms with Gasteiger partial charge in [0.2, 0.25) is 10.0 Å². The Kier molecular flexibility index (Phi) is 4.84. The van der Waals surface area contributed by atoms with Crippen molar-refractivity contribution in [1.29, 1.82) is 0 Å². The number of methoxy groups -OCH3 is 1. The van der Waals surface area contributed by atoms with Gasteiger partial charge in [0.15, 0.2) is 0 Å². The van der Waals surface area contributed by atoms with E-state index in [1.54, 1.807) is 0 Å². The molecule has 21 heavy (non-hydrogen) atoms. The molecule has 118 valence electrons. The fourth-order valence-electron chi connectivity index (χ4n) is 1.54. The molecule has 0 aromatic heterocycles. The van der Waals surface area contributed by atoms with Crippen LogP contribution in [0.2, 0.25) is 0 Å². The number of nitrogens with zero attached hydrogens (tertiary/aromatic N) is 1. The number of sulfonamides is 1. The molecular weight excluding hydrogens is 313 g/mol. The zero-order valence-electron chi connectivity index (χ0n) is 11.1. The largest absolute Gasteiger partial charge is 0.465 e. The third kappa shape index (κ3) is 4.08. The highest BCUT2D eigenvalue weighted by Gasteiger charge is 2.36. The first-order valence-corrected chi connectivity index (χ1v) is 6.94. The summed E-state index contributed by atoms with van der Waals surface area (Å²) in [5.74, 6) is -0.992.